The van der Waals surface area contributed by atoms with Gasteiger partial charge in [0.05, 0.1) is 29.8 Å². The van der Waals surface area contributed by atoms with Crippen molar-refractivity contribution in [2.24, 2.45) is 5.41 Å². The zero-order chi connectivity index (χ0) is 19.6. The molecule has 0 aliphatic carbocycles. The van der Waals surface area contributed by atoms with Crippen molar-refractivity contribution >= 4 is 23.4 Å². The normalized spacial score (nSPS) is 14.6. The molecule has 1 aliphatic rings. The maximum absolute atomic E-state index is 12.7. The SMILES string of the molecule is CC(C)(C)CNC(=O)c1ncn2c1CN(C(=O)Cn1cc(Cl)cn1)CCC2. The van der Waals surface area contributed by atoms with Crippen molar-refractivity contribution in [2.75, 3.05) is 13.1 Å². The molecule has 1 N–H and O–H groups in total. The van der Waals surface area contributed by atoms with Crippen LogP contribution in [0.1, 0.15) is 43.4 Å². The average Bonchev–Trinajstić information content (AvgIpc) is 3.11. The van der Waals surface area contributed by atoms with Crippen LogP contribution in [0.2, 0.25) is 5.02 Å². The average molecular weight is 393 g/mol. The number of halogens is 1. The summed E-state index contributed by atoms with van der Waals surface area (Å²) in [6.07, 6.45) is 5.61. The number of hydrogen-bond donors (Lipinski definition) is 1. The smallest absolute Gasteiger partial charge is 0.271 e. The minimum absolute atomic E-state index is 0.0145. The second-order valence-electron chi connectivity index (χ2n) is 8.00. The third kappa shape index (κ3) is 4.88. The van der Waals surface area contributed by atoms with E-state index < -0.39 is 0 Å². The molecule has 0 bridgehead atoms. The molecule has 2 amide bonds. The molecule has 0 saturated carbocycles. The van der Waals surface area contributed by atoms with Gasteiger partial charge in [-0.15, -0.1) is 0 Å². The van der Waals surface area contributed by atoms with Gasteiger partial charge in [0.15, 0.2) is 5.69 Å². The predicted molar refractivity (Wildman–Crippen MR) is 101 cm³/mol. The van der Waals surface area contributed by atoms with Gasteiger partial charge in [0.2, 0.25) is 5.91 Å². The summed E-state index contributed by atoms with van der Waals surface area (Å²) in [5, 5.41) is 7.49. The number of nitrogens with one attached hydrogen (secondary N) is 1. The van der Waals surface area contributed by atoms with Crippen LogP contribution in [0.15, 0.2) is 18.7 Å². The highest BCUT2D eigenvalue weighted by Gasteiger charge is 2.26. The molecule has 3 heterocycles. The van der Waals surface area contributed by atoms with E-state index in [2.05, 4.69) is 36.2 Å². The number of aromatic nitrogens is 4. The summed E-state index contributed by atoms with van der Waals surface area (Å²) in [5.41, 5.74) is 1.14. The number of carbonyl (C=O) groups excluding carboxylic acids is 2. The molecule has 0 unspecified atom stereocenters. The first kappa shape index (κ1) is 19.4. The van der Waals surface area contributed by atoms with Gasteiger partial charge in [0.25, 0.3) is 5.91 Å². The van der Waals surface area contributed by atoms with E-state index in [1.807, 2.05) is 4.57 Å². The lowest BCUT2D eigenvalue weighted by Crippen LogP contribution is -2.36. The van der Waals surface area contributed by atoms with Crippen LogP contribution in [0.5, 0.6) is 0 Å². The molecule has 8 nitrogen and oxygen atoms in total. The highest BCUT2D eigenvalue weighted by molar-refractivity contribution is 6.30. The lowest BCUT2D eigenvalue weighted by molar-refractivity contribution is -0.132. The number of rotatable bonds is 4. The maximum Gasteiger partial charge on any atom is 0.271 e. The first-order valence-electron chi connectivity index (χ1n) is 9.01. The molecule has 27 heavy (non-hydrogen) atoms. The molecule has 0 saturated heterocycles. The van der Waals surface area contributed by atoms with Crippen LogP contribution in [0, 0.1) is 5.41 Å². The summed E-state index contributed by atoms with van der Waals surface area (Å²) < 4.78 is 3.48. The third-order valence-corrected chi connectivity index (χ3v) is 4.56. The Bertz CT molecular complexity index is 835. The monoisotopic (exact) mass is 392 g/mol. The molecule has 3 rings (SSSR count). The molecule has 1 aliphatic heterocycles. The molecule has 146 valence electrons. The van der Waals surface area contributed by atoms with Crippen LogP contribution in [0.4, 0.5) is 0 Å². The molecule has 0 fully saturated rings. The van der Waals surface area contributed by atoms with Gasteiger partial charge in [-0.25, -0.2) is 4.98 Å². The van der Waals surface area contributed by atoms with E-state index in [1.165, 1.54) is 10.9 Å². The highest BCUT2D eigenvalue weighted by Crippen LogP contribution is 2.18. The van der Waals surface area contributed by atoms with Crippen molar-refractivity contribution in [1.82, 2.24) is 29.5 Å². The van der Waals surface area contributed by atoms with Crippen LogP contribution >= 0.6 is 11.6 Å². The largest absolute Gasteiger partial charge is 0.350 e. The summed E-state index contributed by atoms with van der Waals surface area (Å²) >= 11 is 5.86. The number of nitrogens with zero attached hydrogens (tertiary/aromatic N) is 5. The van der Waals surface area contributed by atoms with Gasteiger partial charge in [-0.05, 0) is 11.8 Å². The van der Waals surface area contributed by atoms with E-state index in [0.717, 1.165) is 18.7 Å². The third-order valence-electron chi connectivity index (χ3n) is 4.36. The zero-order valence-electron chi connectivity index (χ0n) is 15.9. The minimum Gasteiger partial charge on any atom is -0.350 e. The lowest BCUT2D eigenvalue weighted by atomic mass is 9.97. The lowest BCUT2D eigenvalue weighted by Gasteiger charge is -2.21. The highest BCUT2D eigenvalue weighted by atomic mass is 35.5. The fourth-order valence-electron chi connectivity index (χ4n) is 2.95. The van der Waals surface area contributed by atoms with E-state index in [1.54, 1.807) is 17.4 Å². The number of hydrogen-bond acceptors (Lipinski definition) is 4. The molecule has 9 heteroatoms. The Morgan fingerprint density at radius 3 is 2.74 bits per heavy atom. The number of carbonyl (C=O) groups is 2. The van der Waals surface area contributed by atoms with Gasteiger partial charge in [-0.1, -0.05) is 32.4 Å². The van der Waals surface area contributed by atoms with Gasteiger partial charge >= 0.3 is 0 Å². The second kappa shape index (κ2) is 7.72. The Morgan fingerprint density at radius 2 is 2.07 bits per heavy atom. The van der Waals surface area contributed by atoms with Crippen LogP contribution in [-0.2, 0) is 24.4 Å². The molecule has 0 spiro atoms. The van der Waals surface area contributed by atoms with Crippen molar-refractivity contribution in [1.29, 1.82) is 0 Å². The van der Waals surface area contributed by atoms with Crippen LogP contribution < -0.4 is 5.32 Å². The molecular weight excluding hydrogens is 368 g/mol. The Kier molecular flexibility index (Phi) is 5.55. The number of fused-ring (bicyclic) bond motifs is 1. The summed E-state index contributed by atoms with van der Waals surface area (Å²) in [6, 6.07) is 0. The Balaban J connectivity index is 1.73. The minimum atomic E-state index is -0.202. The maximum atomic E-state index is 12.7. The van der Waals surface area contributed by atoms with E-state index >= 15 is 0 Å². The van der Waals surface area contributed by atoms with Crippen molar-refractivity contribution in [3.63, 3.8) is 0 Å². The molecule has 0 radical (unpaired) electrons. The van der Waals surface area contributed by atoms with E-state index in [0.29, 0.717) is 30.4 Å². The van der Waals surface area contributed by atoms with Gasteiger partial charge in [-0.2, -0.15) is 5.10 Å². The van der Waals surface area contributed by atoms with Crippen molar-refractivity contribution in [2.45, 2.75) is 46.8 Å². The van der Waals surface area contributed by atoms with Crippen molar-refractivity contribution in [3.05, 3.63) is 35.1 Å². The van der Waals surface area contributed by atoms with E-state index in [9.17, 15) is 9.59 Å². The molecule has 0 aromatic carbocycles. The quantitative estimate of drug-likeness (QED) is 0.861. The Morgan fingerprint density at radius 1 is 1.30 bits per heavy atom. The summed E-state index contributed by atoms with van der Waals surface area (Å²) in [4.78, 5) is 31.3. The topological polar surface area (TPSA) is 85.0 Å². The molecule has 0 atom stereocenters. The predicted octanol–water partition coefficient (Wildman–Crippen LogP) is 1.94. The van der Waals surface area contributed by atoms with Crippen LogP contribution in [-0.4, -0.2) is 49.1 Å². The molecule has 2 aromatic heterocycles. The van der Waals surface area contributed by atoms with Gasteiger partial charge < -0.3 is 14.8 Å². The van der Waals surface area contributed by atoms with Gasteiger partial charge in [0.1, 0.15) is 6.54 Å². The van der Waals surface area contributed by atoms with Crippen LogP contribution in [0.25, 0.3) is 0 Å². The fraction of sp³-hybridized carbons (Fsp3) is 0.556. The zero-order valence-corrected chi connectivity index (χ0v) is 16.7. The second-order valence-corrected chi connectivity index (χ2v) is 8.44. The van der Waals surface area contributed by atoms with Crippen LogP contribution in [0.3, 0.4) is 0 Å². The van der Waals surface area contributed by atoms with E-state index in [4.69, 9.17) is 11.6 Å². The standard InChI is InChI=1S/C18H25ClN6O2/c1-18(2,3)11-20-17(27)16-14-9-23(5-4-6-24(14)12-21-16)15(26)10-25-8-13(19)7-22-25/h7-8,12H,4-6,9-11H2,1-3H3,(H,20,27). The molecule has 2 aromatic rings. The summed E-state index contributed by atoms with van der Waals surface area (Å²) in [5.74, 6) is -0.266. The van der Waals surface area contributed by atoms with Crippen molar-refractivity contribution < 1.29 is 9.59 Å². The van der Waals surface area contributed by atoms with Crippen molar-refractivity contribution in [3.8, 4) is 0 Å². The summed E-state index contributed by atoms with van der Waals surface area (Å²) in [7, 11) is 0. The first-order chi connectivity index (χ1) is 12.7. The molecular formula is C18H25ClN6O2. The number of amides is 2. The Hall–Kier alpha value is -2.35. The Labute approximate surface area is 163 Å². The summed E-state index contributed by atoms with van der Waals surface area (Å²) in [6.45, 7) is 8.55. The van der Waals surface area contributed by atoms with Gasteiger partial charge in [-0.3, -0.25) is 14.3 Å². The van der Waals surface area contributed by atoms with Gasteiger partial charge in [0, 0.05) is 25.8 Å². The number of aryl methyl sites for hydroxylation is 1. The fourth-order valence-corrected chi connectivity index (χ4v) is 3.11. The first-order valence-corrected chi connectivity index (χ1v) is 9.39. The van der Waals surface area contributed by atoms with E-state index in [-0.39, 0.29) is 23.8 Å². The number of imidazole rings is 1.